The smallest absolute Gasteiger partial charge is 0.307 e. The summed E-state index contributed by atoms with van der Waals surface area (Å²) in [6.45, 7) is 8.04. The number of aromatic nitrogens is 2. The van der Waals surface area contributed by atoms with Gasteiger partial charge < -0.3 is 5.32 Å². The van der Waals surface area contributed by atoms with Crippen LogP contribution in [-0.2, 0) is 0 Å². The van der Waals surface area contributed by atoms with Crippen LogP contribution in [0.5, 0.6) is 0 Å². The van der Waals surface area contributed by atoms with Gasteiger partial charge in [0.15, 0.2) is 5.82 Å². The minimum absolute atomic E-state index is 0.303. The van der Waals surface area contributed by atoms with E-state index in [2.05, 4.69) is 15.3 Å². The lowest BCUT2D eigenvalue weighted by molar-refractivity contribution is 0.259. The third-order valence-electron chi connectivity index (χ3n) is 5.65. The van der Waals surface area contributed by atoms with E-state index in [0.29, 0.717) is 21.7 Å². The van der Waals surface area contributed by atoms with Crippen molar-refractivity contribution in [2.75, 3.05) is 10.2 Å². The van der Waals surface area contributed by atoms with Crippen LogP contribution in [0.1, 0.15) is 22.3 Å². The Bertz CT molecular complexity index is 1300. The van der Waals surface area contributed by atoms with E-state index in [-0.39, 0.29) is 6.03 Å². The molecule has 3 aromatic carbocycles. The summed E-state index contributed by atoms with van der Waals surface area (Å²) >= 11 is 6.27. The van der Waals surface area contributed by atoms with E-state index in [1.165, 1.54) is 6.33 Å². The van der Waals surface area contributed by atoms with Crippen LogP contribution in [0.25, 0.3) is 10.9 Å². The van der Waals surface area contributed by atoms with Crippen molar-refractivity contribution in [1.29, 1.82) is 0 Å². The number of rotatable bonds is 3. The molecule has 0 atom stereocenters. The summed E-state index contributed by atoms with van der Waals surface area (Å²) in [4.78, 5) is 24.1. The monoisotopic (exact) mass is 430 g/mol. The minimum Gasteiger partial charge on any atom is -0.307 e. The van der Waals surface area contributed by atoms with Crippen LogP contribution in [0.4, 0.5) is 22.0 Å². The molecule has 0 aliphatic carbocycles. The first-order valence-corrected chi connectivity index (χ1v) is 10.4. The van der Waals surface area contributed by atoms with Crippen LogP contribution in [0.2, 0.25) is 5.02 Å². The molecule has 5 nitrogen and oxygen atoms in total. The second-order valence-corrected chi connectivity index (χ2v) is 8.03. The van der Waals surface area contributed by atoms with Crippen molar-refractivity contribution in [1.82, 2.24) is 9.97 Å². The molecule has 1 aromatic heterocycles. The van der Waals surface area contributed by atoms with Crippen molar-refractivity contribution in [3.8, 4) is 0 Å². The second-order valence-electron chi connectivity index (χ2n) is 7.59. The molecule has 31 heavy (non-hydrogen) atoms. The molecule has 0 spiro atoms. The zero-order valence-corrected chi connectivity index (χ0v) is 18.7. The average molecular weight is 431 g/mol. The molecule has 2 amide bonds. The number of aryl methyl sites for hydroxylation is 2. The van der Waals surface area contributed by atoms with Gasteiger partial charge in [-0.1, -0.05) is 35.9 Å². The van der Waals surface area contributed by atoms with Gasteiger partial charge in [-0.25, -0.2) is 19.7 Å². The summed E-state index contributed by atoms with van der Waals surface area (Å²) in [6, 6.07) is 16.8. The van der Waals surface area contributed by atoms with E-state index in [1.807, 2.05) is 70.2 Å². The fourth-order valence-electron chi connectivity index (χ4n) is 3.55. The fourth-order valence-corrected chi connectivity index (χ4v) is 3.72. The van der Waals surface area contributed by atoms with Gasteiger partial charge in [0.25, 0.3) is 0 Å². The number of carbonyl (C=O) groups excluding carboxylic acids is 1. The first-order chi connectivity index (χ1) is 14.9. The lowest BCUT2D eigenvalue weighted by Gasteiger charge is -2.26. The number of hydrogen-bond donors (Lipinski definition) is 1. The van der Waals surface area contributed by atoms with Crippen molar-refractivity contribution < 1.29 is 4.79 Å². The Morgan fingerprint density at radius 1 is 0.903 bits per heavy atom. The molecule has 0 saturated heterocycles. The molecular weight excluding hydrogens is 408 g/mol. The number of hydrogen-bond acceptors (Lipinski definition) is 3. The Morgan fingerprint density at radius 3 is 2.39 bits per heavy atom. The van der Waals surface area contributed by atoms with Gasteiger partial charge in [-0.3, -0.25) is 0 Å². The van der Waals surface area contributed by atoms with Crippen LogP contribution in [0.3, 0.4) is 0 Å². The Kier molecular flexibility index (Phi) is 5.61. The van der Waals surface area contributed by atoms with Crippen molar-refractivity contribution in [2.45, 2.75) is 27.7 Å². The SMILES string of the molecule is Cc1cccc(NC(=O)N(c2cccc(C)c2C)c2ncnc3ccc(Cl)cc23)c1C. The highest BCUT2D eigenvalue weighted by atomic mass is 35.5. The molecular formula is C25H23ClN4O. The van der Waals surface area contributed by atoms with Gasteiger partial charge in [-0.05, 0) is 80.3 Å². The van der Waals surface area contributed by atoms with Crippen LogP contribution in [0, 0.1) is 27.7 Å². The summed E-state index contributed by atoms with van der Waals surface area (Å²) in [5.74, 6) is 0.476. The molecule has 0 radical (unpaired) electrons. The molecule has 0 saturated carbocycles. The van der Waals surface area contributed by atoms with Crippen LogP contribution in [-0.4, -0.2) is 16.0 Å². The number of fused-ring (bicyclic) bond motifs is 1. The quantitative estimate of drug-likeness (QED) is 0.385. The van der Waals surface area contributed by atoms with Gasteiger partial charge in [0, 0.05) is 16.1 Å². The molecule has 0 aliphatic rings. The normalized spacial score (nSPS) is 10.9. The summed E-state index contributed by atoms with van der Waals surface area (Å²) < 4.78 is 0. The fraction of sp³-hybridized carbons (Fsp3) is 0.160. The molecule has 4 aromatic rings. The highest BCUT2D eigenvalue weighted by molar-refractivity contribution is 6.31. The maximum absolute atomic E-state index is 13.7. The predicted octanol–water partition coefficient (Wildman–Crippen LogP) is 6.89. The standard InChI is InChI=1S/C25H23ClN4O/c1-15-7-5-9-21(17(15)3)29-25(31)30(23-10-6-8-16(2)18(23)4)24-20-13-19(26)11-12-22(20)27-14-28-24/h5-14H,1-4H3,(H,29,31). The molecule has 156 valence electrons. The minimum atomic E-state index is -0.303. The average Bonchev–Trinajstić information content (AvgIpc) is 2.75. The summed E-state index contributed by atoms with van der Waals surface area (Å²) in [6.07, 6.45) is 1.47. The lowest BCUT2D eigenvalue weighted by atomic mass is 10.1. The number of nitrogens with zero attached hydrogens (tertiary/aromatic N) is 3. The topological polar surface area (TPSA) is 58.1 Å². The number of benzene rings is 3. The lowest BCUT2D eigenvalue weighted by Crippen LogP contribution is -2.32. The molecule has 1 N–H and O–H groups in total. The van der Waals surface area contributed by atoms with E-state index in [0.717, 1.165) is 33.6 Å². The highest BCUT2D eigenvalue weighted by Crippen LogP contribution is 2.34. The molecule has 0 unspecified atom stereocenters. The maximum Gasteiger partial charge on any atom is 0.332 e. The van der Waals surface area contributed by atoms with Gasteiger partial charge in [0.2, 0.25) is 0 Å². The van der Waals surface area contributed by atoms with E-state index in [4.69, 9.17) is 11.6 Å². The number of halogens is 1. The van der Waals surface area contributed by atoms with Crippen LogP contribution < -0.4 is 10.2 Å². The third-order valence-corrected chi connectivity index (χ3v) is 5.89. The second kappa shape index (κ2) is 8.36. The van der Waals surface area contributed by atoms with Crippen molar-refractivity contribution >= 4 is 45.7 Å². The van der Waals surface area contributed by atoms with Gasteiger partial charge in [-0.15, -0.1) is 0 Å². The van der Waals surface area contributed by atoms with Gasteiger partial charge in [-0.2, -0.15) is 0 Å². The molecule has 0 bridgehead atoms. The van der Waals surface area contributed by atoms with Crippen LogP contribution in [0.15, 0.2) is 60.9 Å². The van der Waals surface area contributed by atoms with E-state index >= 15 is 0 Å². The highest BCUT2D eigenvalue weighted by Gasteiger charge is 2.24. The molecule has 4 rings (SSSR count). The largest absolute Gasteiger partial charge is 0.332 e. The summed E-state index contributed by atoms with van der Waals surface area (Å²) in [7, 11) is 0. The predicted molar refractivity (Wildman–Crippen MR) is 128 cm³/mol. The zero-order chi connectivity index (χ0) is 22.1. The molecule has 1 heterocycles. The number of anilines is 3. The number of urea groups is 1. The number of amides is 2. The van der Waals surface area contributed by atoms with Gasteiger partial charge in [0.05, 0.1) is 11.2 Å². The van der Waals surface area contributed by atoms with E-state index in [1.54, 1.807) is 17.0 Å². The number of nitrogens with one attached hydrogen (secondary N) is 1. The first kappa shape index (κ1) is 20.8. The Labute approximate surface area is 186 Å². The van der Waals surface area contributed by atoms with Crippen molar-refractivity contribution in [3.05, 3.63) is 88.2 Å². The molecule has 0 fully saturated rings. The Hall–Kier alpha value is -3.44. The summed E-state index contributed by atoms with van der Waals surface area (Å²) in [5, 5.41) is 4.32. The van der Waals surface area contributed by atoms with E-state index in [9.17, 15) is 4.79 Å². The van der Waals surface area contributed by atoms with Crippen molar-refractivity contribution in [2.24, 2.45) is 0 Å². The van der Waals surface area contributed by atoms with E-state index < -0.39 is 0 Å². The number of carbonyl (C=O) groups is 1. The van der Waals surface area contributed by atoms with Gasteiger partial charge >= 0.3 is 6.03 Å². The van der Waals surface area contributed by atoms with Crippen LogP contribution >= 0.6 is 11.6 Å². The third kappa shape index (κ3) is 3.97. The Morgan fingerprint density at radius 2 is 1.61 bits per heavy atom. The molecule has 0 aliphatic heterocycles. The zero-order valence-electron chi connectivity index (χ0n) is 17.9. The van der Waals surface area contributed by atoms with Crippen molar-refractivity contribution in [3.63, 3.8) is 0 Å². The maximum atomic E-state index is 13.7. The van der Waals surface area contributed by atoms with Gasteiger partial charge in [0.1, 0.15) is 6.33 Å². The molecule has 6 heteroatoms. The first-order valence-electron chi connectivity index (χ1n) is 10.0. The Balaban J connectivity index is 1.91. The summed E-state index contributed by atoms with van der Waals surface area (Å²) in [5.41, 5.74) is 6.43.